The third-order valence-electron chi connectivity index (χ3n) is 23.8. The standard InChI is InChI=1S/C90H138N12O22/c1-60-19-13-11-14-20-61(2)76(111-8)54-72-25-23-66(7)90(110,124-72)84(107)88(108)101-30-18-16-22-73(101)89(109)123-77(63(4)51-67-24-26-74(104)78(52-67)112-9)55-75(105)62(3)50-65(6)82(106)83(113-10)80(64(5)49-60)98-122-58-70-57-100(99-96-70)32-34-115-36-38-117-40-42-119-44-46-121-48-47-120-45-43-118-41-39-116-37-35-114-33-28-71(103)21-15-12-17-31-102-87-79(85(91)94-59-95-87)81(97-102)69-53-68-27-29-92-86(68)93-56-69/h11,13-14,19-20,27,29,50,53,56-57,59-60,62-64,66-67,72-78,82-83,104-106,110H,12,15-18,21-26,28,30-49,51-52,54-55,58H2,1-10H3,(H,92,93)(H2,91,94,95)/b14-11+,19-13+,61-20+,65-50+,98-80?/t60-,62-,63-,64-,66-,67+,72+,73+,74-,75-,76+,77+,78-,82-,83+,90-/m1/s1. The maximum Gasteiger partial charge on any atom is 0.329 e. The highest BCUT2D eigenvalue weighted by molar-refractivity contribution is 6.39. The van der Waals surface area contributed by atoms with Crippen molar-refractivity contribution in [1.29, 1.82) is 0 Å². The van der Waals surface area contributed by atoms with Crippen LogP contribution >= 0.6 is 0 Å². The first-order valence-electron chi connectivity index (χ1n) is 44.4. The van der Waals surface area contributed by atoms with Crippen molar-refractivity contribution in [2.24, 2.45) is 40.7 Å². The zero-order valence-electron chi connectivity index (χ0n) is 74.4. The number of carbonyl (C=O) groups excluding carboxylic acids is 4. The van der Waals surface area contributed by atoms with E-state index in [4.69, 9.17) is 77.2 Å². The Morgan fingerprint density at radius 3 is 2.09 bits per heavy atom. The molecule has 5 aromatic heterocycles. The number of aromatic amines is 1. The van der Waals surface area contributed by atoms with Crippen molar-refractivity contribution in [3.63, 3.8) is 0 Å². The molecule has 0 unspecified atom stereocenters. The number of aromatic nitrogens is 9. The van der Waals surface area contributed by atoms with E-state index in [1.807, 2.05) is 75.0 Å². The number of nitrogens with two attached hydrogens (primary N) is 1. The molecular weight excluding hydrogens is 1600 g/mol. The van der Waals surface area contributed by atoms with Gasteiger partial charge >= 0.3 is 5.97 Å². The van der Waals surface area contributed by atoms with Crippen molar-refractivity contribution < 1.29 is 106 Å². The van der Waals surface area contributed by atoms with Crippen LogP contribution in [0, 0.1) is 35.5 Å². The lowest BCUT2D eigenvalue weighted by molar-refractivity contribution is -0.265. The molecule has 9 rings (SSSR count). The fraction of sp³-hybridized carbons (Fsp3) is 0.700. The number of nitrogen functional groups attached to an aromatic ring is 1. The van der Waals surface area contributed by atoms with Crippen LogP contribution in [0.25, 0.3) is 33.3 Å². The Hall–Kier alpha value is -7.75. The molecule has 5 aromatic rings. The number of methoxy groups -OCH3 is 3. The molecule has 0 aromatic carbocycles. The van der Waals surface area contributed by atoms with Gasteiger partial charge in [0.2, 0.25) is 5.79 Å². The third-order valence-corrected chi connectivity index (χ3v) is 23.8. The Balaban J connectivity index is 0.643. The first-order chi connectivity index (χ1) is 60.0. The number of aryl methyl sites for hydroxylation is 1. The van der Waals surface area contributed by atoms with Crippen LogP contribution in [0.1, 0.15) is 163 Å². The molecule has 1 aliphatic carbocycles. The van der Waals surface area contributed by atoms with Crippen molar-refractivity contribution in [3.8, 4) is 11.3 Å². The van der Waals surface area contributed by atoms with Gasteiger partial charge in [0.15, 0.2) is 12.3 Å². The summed E-state index contributed by atoms with van der Waals surface area (Å²) in [5.41, 5.74) is 11.6. The van der Waals surface area contributed by atoms with E-state index < -0.39 is 84.1 Å². The number of amides is 1. The molecule has 2 bridgehead atoms. The number of esters is 1. The van der Waals surface area contributed by atoms with E-state index in [0.29, 0.717) is 229 Å². The van der Waals surface area contributed by atoms with E-state index in [0.717, 1.165) is 47.9 Å². The molecule has 2 saturated heterocycles. The largest absolute Gasteiger partial charge is 0.460 e. The summed E-state index contributed by atoms with van der Waals surface area (Å²) in [7, 11) is 4.67. The Bertz CT molecular complexity index is 4190. The highest BCUT2D eigenvalue weighted by Crippen LogP contribution is 2.39. The van der Waals surface area contributed by atoms with Crippen LogP contribution < -0.4 is 5.73 Å². The number of rotatable bonds is 43. The predicted octanol–water partition coefficient (Wildman–Crippen LogP) is 9.19. The van der Waals surface area contributed by atoms with Gasteiger partial charge in [-0.25, -0.2) is 29.1 Å². The average molecular weight is 1740 g/mol. The number of anilines is 1. The lowest BCUT2D eigenvalue weighted by Crippen LogP contribution is -2.61. The van der Waals surface area contributed by atoms with E-state index in [-0.39, 0.29) is 61.6 Å². The molecule has 1 saturated carbocycles. The number of carbonyl (C=O) groups is 4. The summed E-state index contributed by atoms with van der Waals surface area (Å²) < 4.78 is 79.1. The first-order valence-corrected chi connectivity index (χ1v) is 44.4. The Morgan fingerprint density at radius 2 is 1.41 bits per heavy atom. The topological polar surface area (TPSA) is 423 Å². The van der Waals surface area contributed by atoms with Gasteiger partial charge in [0.05, 0.1) is 160 Å². The number of hydrogen-bond donors (Lipinski definition) is 6. The van der Waals surface area contributed by atoms with Gasteiger partial charge in [0, 0.05) is 101 Å². The van der Waals surface area contributed by atoms with Gasteiger partial charge in [-0.15, -0.1) is 5.10 Å². The molecule has 16 atom stereocenters. The number of ketones is 2. The number of nitrogens with one attached hydrogen (secondary N) is 1. The van der Waals surface area contributed by atoms with Crippen LogP contribution in [0.4, 0.5) is 5.82 Å². The van der Waals surface area contributed by atoms with Crippen molar-refractivity contribution in [1.82, 2.24) is 49.6 Å². The van der Waals surface area contributed by atoms with Crippen molar-refractivity contribution >= 4 is 57.0 Å². The van der Waals surface area contributed by atoms with Gasteiger partial charge in [-0.05, 0) is 132 Å². The number of piperidine rings is 1. The molecule has 3 aliphatic heterocycles. The number of H-pyrrole nitrogens is 1. The molecule has 34 heteroatoms. The number of nitrogens with zero attached hydrogens (tertiary/aromatic N) is 10. The highest BCUT2D eigenvalue weighted by atomic mass is 16.6. The molecule has 34 nitrogen and oxygen atoms in total. The monoisotopic (exact) mass is 1740 g/mol. The van der Waals surface area contributed by atoms with Crippen LogP contribution in [0.15, 0.2) is 89.8 Å². The van der Waals surface area contributed by atoms with Crippen molar-refractivity contribution in [2.75, 3.05) is 139 Å². The molecule has 4 aliphatic rings. The van der Waals surface area contributed by atoms with E-state index in [2.05, 4.69) is 48.4 Å². The average Bonchev–Trinajstić information content (AvgIpc) is 1.59. The number of pyridine rings is 1. The minimum Gasteiger partial charge on any atom is -0.460 e. The molecule has 1 amide bonds. The Kier molecular flexibility index (Phi) is 42.9. The maximum absolute atomic E-state index is 14.7. The van der Waals surface area contributed by atoms with Crippen molar-refractivity contribution in [3.05, 3.63) is 90.3 Å². The quantitative estimate of drug-likeness (QED) is 0.00696. The zero-order valence-corrected chi connectivity index (χ0v) is 74.4. The van der Waals surface area contributed by atoms with Crippen LogP contribution in [-0.4, -0.2) is 293 Å². The lowest BCUT2D eigenvalue weighted by atomic mass is 9.78. The van der Waals surface area contributed by atoms with Gasteiger partial charge in [-0.1, -0.05) is 87.9 Å². The second kappa shape index (κ2) is 53.1. The summed E-state index contributed by atoms with van der Waals surface area (Å²) in [5, 5.41) is 67.1. The third kappa shape index (κ3) is 31.0. The molecule has 3 fully saturated rings. The number of unbranched alkanes of at least 4 members (excludes halogenated alkanes) is 2. The fourth-order valence-electron chi connectivity index (χ4n) is 16.4. The van der Waals surface area contributed by atoms with Crippen molar-refractivity contribution in [2.45, 2.75) is 238 Å². The molecule has 0 radical (unpaired) electrons. The number of allylic oxidation sites excluding steroid dienone is 5. The molecule has 8 heterocycles. The summed E-state index contributed by atoms with van der Waals surface area (Å²) in [4.78, 5) is 79.8. The summed E-state index contributed by atoms with van der Waals surface area (Å²) in [5.74, 6) is -6.62. The summed E-state index contributed by atoms with van der Waals surface area (Å²) in [6.45, 7) is 20.7. The second-order valence-electron chi connectivity index (χ2n) is 33.3. The van der Waals surface area contributed by atoms with Gasteiger partial charge in [0.1, 0.15) is 59.3 Å². The molecule has 0 spiro atoms. The van der Waals surface area contributed by atoms with E-state index >= 15 is 0 Å². The van der Waals surface area contributed by atoms with E-state index in [1.54, 1.807) is 51.2 Å². The van der Waals surface area contributed by atoms with Gasteiger partial charge < -0.3 is 102 Å². The summed E-state index contributed by atoms with van der Waals surface area (Å²) >= 11 is 0. The lowest BCUT2D eigenvalue weighted by Gasteiger charge is -2.43. The highest BCUT2D eigenvalue weighted by Gasteiger charge is 2.53. The zero-order chi connectivity index (χ0) is 88.8. The first kappa shape index (κ1) is 100. The number of fused-ring (bicyclic) bond motifs is 5. The maximum atomic E-state index is 14.7. The Labute approximate surface area is 728 Å². The number of oxime groups is 1. The van der Waals surface area contributed by atoms with Gasteiger partial charge in [0.25, 0.3) is 11.7 Å². The molecule has 7 N–H and O–H groups in total. The number of aliphatic hydroxyl groups is 4. The second-order valence-corrected chi connectivity index (χ2v) is 33.3. The van der Waals surface area contributed by atoms with Gasteiger partial charge in [-0.3, -0.25) is 14.4 Å². The van der Waals surface area contributed by atoms with E-state index in [1.165, 1.54) is 18.3 Å². The number of hydrogen-bond acceptors (Lipinski definition) is 30. The molecular formula is C90H138N12O22. The number of ether oxygens (including phenoxy) is 13. The number of aliphatic hydroxyl groups excluding tert-OH is 3. The summed E-state index contributed by atoms with van der Waals surface area (Å²) in [6.07, 6.45) is 20.9. The van der Waals surface area contributed by atoms with E-state index in [9.17, 15) is 39.6 Å². The minimum atomic E-state index is -2.45. The Morgan fingerprint density at radius 1 is 0.726 bits per heavy atom. The van der Waals surface area contributed by atoms with Gasteiger partial charge in [-0.2, -0.15) is 5.10 Å². The predicted molar refractivity (Wildman–Crippen MR) is 463 cm³/mol. The number of Topliss-reactive ketones (excluding diaryl/α,β-unsaturated/α-hetero) is 2. The normalized spacial score (nSPS) is 27.8. The summed E-state index contributed by atoms with van der Waals surface area (Å²) in [6, 6.07) is 2.83. The fourth-order valence-corrected chi connectivity index (χ4v) is 16.4. The van der Waals surface area contributed by atoms with Crippen LogP contribution in [0.3, 0.4) is 0 Å². The number of cyclic esters (lactones) is 1. The SMILES string of the molecule is CO[C@H]1C[C@@H]2CC[C@@H](C)[C@@](O)(O2)C(=O)C(=O)N2CCCC[C@H]2C(=O)O[C@H]([C@H](C)C[C@@H]2CC[C@@H](O)[C@H](OC)C2)C[C@@H](O)[C@H](C)/C=C(\C)[C@@H](O)[C@@H](OC)C(=NOCc2cn(CCOCCOCCOCCOCCOCCOCCOCCOCCC(=O)CCCCCn3nc(-c4cnc5[nH]ccc5c4)c4c(N)ncnc43)nn2)[C@H](C)C[C@H](C)/C=C/C=C/C=C/1C. The minimum absolute atomic E-state index is 0.00735. The van der Waals surface area contributed by atoms with Crippen LogP contribution in [0.2, 0.25) is 0 Å². The smallest absolute Gasteiger partial charge is 0.329 e. The molecule has 124 heavy (non-hydrogen) atoms. The molecule has 690 valence electrons. The van der Waals surface area contributed by atoms with Crippen LogP contribution in [0.5, 0.6) is 0 Å². The van der Waals surface area contributed by atoms with Crippen LogP contribution in [-0.2, 0) is 105 Å².